The van der Waals surface area contributed by atoms with Crippen LogP contribution in [0, 0.1) is 0 Å². The number of hydrogen-bond donors (Lipinski definition) is 0. The van der Waals surface area contributed by atoms with Gasteiger partial charge in [0.2, 0.25) is 0 Å². The van der Waals surface area contributed by atoms with E-state index < -0.39 is 20.2 Å². The molecule has 0 aliphatic rings. The molecule has 0 radical (unpaired) electrons. The summed E-state index contributed by atoms with van der Waals surface area (Å²) in [5.74, 6) is -0.427. The highest BCUT2D eigenvalue weighted by molar-refractivity contribution is 7.86. The molecule has 0 aliphatic carbocycles. The minimum atomic E-state index is -3.69. The average molecular weight is 415 g/mol. The van der Waals surface area contributed by atoms with Gasteiger partial charge in [-0.15, -0.1) is 0 Å². The van der Waals surface area contributed by atoms with Crippen molar-refractivity contribution in [1.82, 2.24) is 0 Å². The molecule has 0 unspecified atom stereocenters. The Bertz CT molecular complexity index is 804. The minimum Gasteiger partial charge on any atom is -0.377 e. The molecule has 0 N–H and O–H groups in total. The molecule has 7 nitrogen and oxygen atoms in total. The predicted octanol–water partition coefficient (Wildman–Crippen LogP) is 2.10. The van der Waals surface area contributed by atoms with Gasteiger partial charge < -0.3 is 4.74 Å². The Hall–Kier alpha value is -1.78. The van der Waals surface area contributed by atoms with Gasteiger partial charge in [-0.25, -0.2) is 0 Å². The van der Waals surface area contributed by atoms with Gasteiger partial charge in [-0.1, -0.05) is 60.7 Å². The molecule has 2 aromatic carbocycles. The Morgan fingerprint density at radius 3 is 1.30 bits per heavy atom. The Morgan fingerprint density at radius 2 is 0.926 bits per heavy atom. The lowest BCUT2D eigenvalue weighted by Crippen LogP contribution is -2.16. The third-order valence-corrected chi connectivity index (χ3v) is 5.78. The second-order valence-corrected chi connectivity index (χ2v) is 8.91. The Balaban J connectivity index is 1.59. The normalized spacial score (nSPS) is 12.1. The van der Waals surface area contributed by atoms with Crippen molar-refractivity contribution < 1.29 is 29.9 Å². The third-order valence-electron chi connectivity index (χ3n) is 3.35. The van der Waals surface area contributed by atoms with Crippen LogP contribution in [0.1, 0.15) is 11.1 Å². The maximum atomic E-state index is 11.8. The maximum absolute atomic E-state index is 11.8. The molecule has 2 rings (SSSR count). The van der Waals surface area contributed by atoms with E-state index in [-0.39, 0.29) is 37.9 Å². The highest BCUT2D eigenvalue weighted by Crippen LogP contribution is 2.08. The zero-order chi connectivity index (χ0) is 19.6. The fourth-order valence-electron chi connectivity index (χ4n) is 2.18. The van der Waals surface area contributed by atoms with Crippen LogP contribution in [0.5, 0.6) is 0 Å². The molecule has 0 atom stereocenters. The largest absolute Gasteiger partial charge is 0.377 e. The topological polar surface area (TPSA) is 96.0 Å². The summed E-state index contributed by atoms with van der Waals surface area (Å²) in [6.07, 6.45) is 0. The first-order valence-electron chi connectivity index (χ1n) is 8.26. The molecule has 0 amide bonds. The first-order valence-corrected chi connectivity index (χ1v) is 11.4. The van der Waals surface area contributed by atoms with Crippen molar-refractivity contribution in [2.24, 2.45) is 0 Å². The van der Waals surface area contributed by atoms with Gasteiger partial charge in [-0.2, -0.15) is 16.8 Å². The van der Waals surface area contributed by atoms with Crippen LogP contribution in [0.25, 0.3) is 0 Å². The van der Waals surface area contributed by atoms with Crippen LogP contribution in [0.4, 0.5) is 0 Å². The fourth-order valence-corrected chi connectivity index (χ4v) is 4.19. The van der Waals surface area contributed by atoms with Crippen molar-refractivity contribution in [2.45, 2.75) is 11.5 Å². The van der Waals surface area contributed by atoms with E-state index in [9.17, 15) is 16.8 Å². The Labute approximate surface area is 160 Å². The van der Waals surface area contributed by atoms with E-state index in [1.807, 2.05) is 0 Å². The van der Waals surface area contributed by atoms with E-state index in [4.69, 9.17) is 13.1 Å². The quantitative estimate of drug-likeness (QED) is 0.388. The third kappa shape index (κ3) is 9.12. The van der Waals surface area contributed by atoms with Crippen LogP contribution in [-0.4, -0.2) is 43.3 Å². The second-order valence-electron chi connectivity index (χ2n) is 5.63. The number of hydrogen-bond acceptors (Lipinski definition) is 7. The van der Waals surface area contributed by atoms with E-state index in [2.05, 4.69) is 0 Å². The summed E-state index contributed by atoms with van der Waals surface area (Å²) in [6.45, 7) is -0.274. The fraction of sp³-hybridized carbons (Fsp3) is 0.333. The van der Waals surface area contributed by atoms with Crippen molar-refractivity contribution >= 4 is 20.2 Å². The van der Waals surface area contributed by atoms with Crippen LogP contribution in [-0.2, 0) is 44.8 Å². The Kier molecular flexibility index (Phi) is 8.39. The van der Waals surface area contributed by atoms with Gasteiger partial charge in [0.15, 0.2) is 0 Å². The molecule has 148 valence electrons. The highest BCUT2D eigenvalue weighted by Gasteiger charge is 2.13. The molecule has 0 saturated carbocycles. The lowest BCUT2D eigenvalue weighted by molar-refractivity contribution is 0.0793. The molecule has 9 heteroatoms. The molecule has 2 aromatic rings. The summed E-state index contributed by atoms with van der Waals surface area (Å²) in [6, 6.07) is 17.4. The van der Waals surface area contributed by atoms with Gasteiger partial charge >= 0.3 is 0 Å². The molecule has 27 heavy (non-hydrogen) atoms. The van der Waals surface area contributed by atoms with Crippen LogP contribution < -0.4 is 0 Å². The van der Waals surface area contributed by atoms with E-state index in [1.165, 1.54) is 0 Å². The van der Waals surface area contributed by atoms with Crippen molar-refractivity contribution in [3.63, 3.8) is 0 Å². The lowest BCUT2D eigenvalue weighted by atomic mass is 10.2. The van der Waals surface area contributed by atoms with Crippen LogP contribution >= 0.6 is 0 Å². The summed E-state index contributed by atoms with van der Waals surface area (Å²) in [5.41, 5.74) is 1.27. The first kappa shape index (κ1) is 21.5. The van der Waals surface area contributed by atoms with Gasteiger partial charge in [0, 0.05) is 0 Å². The van der Waals surface area contributed by atoms with Crippen LogP contribution in [0.3, 0.4) is 0 Å². The van der Waals surface area contributed by atoms with Crippen molar-refractivity contribution in [3.05, 3.63) is 71.8 Å². The summed E-state index contributed by atoms with van der Waals surface area (Å²) in [4.78, 5) is 0. The average Bonchev–Trinajstić information content (AvgIpc) is 2.61. The lowest BCUT2D eigenvalue weighted by Gasteiger charge is -2.08. The highest BCUT2D eigenvalue weighted by atomic mass is 32.2. The molecule has 0 fully saturated rings. The standard InChI is InChI=1S/C18H22O7S2/c19-26(20,15-17-7-3-1-4-8-17)24-13-11-23-12-14-25-27(21,22)16-18-9-5-2-6-10-18/h1-10H,11-16H2. The van der Waals surface area contributed by atoms with Crippen molar-refractivity contribution in [3.8, 4) is 0 Å². The van der Waals surface area contributed by atoms with E-state index in [1.54, 1.807) is 60.7 Å². The predicted molar refractivity (Wildman–Crippen MR) is 101 cm³/mol. The van der Waals surface area contributed by atoms with Gasteiger partial charge in [0.1, 0.15) is 11.5 Å². The molecule has 0 spiro atoms. The van der Waals surface area contributed by atoms with Crippen LogP contribution in [0.15, 0.2) is 60.7 Å². The van der Waals surface area contributed by atoms with Gasteiger partial charge in [0.05, 0.1) is 26.4 Å². The molecule has 0 heterocycles. The minimum absolute atomic E-state index is 0.0100. The summed E-state index contributed by atoms with van der Waals surface area (Å²) in [7, 11) is -7.38. The van der Waals surface area contributed by atoms with Gasteiger partial charge in [-0.3, -0.25) is 8.37 Å². The molecule has 0 saturated heterocycles. The van der Waals surface area contributed by atoms with E-state index >= 15 is 0 Å². The van der Waals surface area contributed by atoms with Crippen LogP contribution in [0.2, 0.25) is 0 Å². The number of ether oxygens (including phenoxy) is 1. The molecule has 0 bridgehead atoms. The number of rotatable bonds is 12. The first-order chi connectivity index (χ1) is 12.9. The summed E-state index contributed by atoms with van der Waals surface area (Å²) < 4.78 is 62.1. The zero-order valence-corrected chi connectivity index (χ0v) is 16.3. The summed E-state index contributed by atoms with van der Waals surface area (Å²) in [5, 5.41) is 0. The van der Waals surface area contributed by atoms with E-state index in [0.29, 0.717) is 11.1 Å². The second kappa shape index (κ2) is 10.5. The Morgan fingerprint density at radius 1 is 0.556 bits per heavy atom. The van der Waals surface area contributed by atoms with E-state index in [0.717, 1.165) is 0 Å². The SMILES string of the molecule is O=S(=O)(Cc1ccccc1)OCCOCCOS(=O)(=O)Cc1ccccc1. The molecular formula is C18H22O7S2. The van der Waals surface area contributed by atoms with Gasteiger partial charge in [-0.05, 0) is 11.1 Å². The maximum Gasteiger partial charge on any atom is 0.271 e. The summed E-state index contributed by atoms with van der Waals surface area (Å²) >= 11 is 0. The molecule has 0 aliphatic heterocycles. The molecular weight excluding hydrogens is 392 g/mol. The van der Waals surface area contributed by atoms with Crippen molar-refractivity contribution in [2.75, 3.05) is 26.4 Å². The van der Waals surface area contributed by atoms with Crippen molar-refractivity contribution in [1.29, 1.82) is 0 Å². The monoisotopic (exact) mass is 414 g/mol. The van der Waals surface area contributed by atoms with Gasteiger partial charge in [0.25, 0.3) is 20.2 Å². The smallest absolute Gasteiger partial charge is 0.271 e. The number of benzene rings is 2. The molecule has 0 aromatic heterocycles. The zero-order valence-electron chi connectivity index (χ0n) is 14.7.